The summed E-state index contributed by atoms with van der Waals surface area (Å²) >= 11 is 6.22. The number of rotatable bonds is 6. The van der Waals surface area contributed by atoms with Crippen molar-refractivity contribution >= 4 is 23.1 Å². The smallest absolute Gasteiger partial charge is 0.263 e. The molecule has 1 aromatic heterocycles. The average molecular weight is 574 g/mol. The van der Waals surface area contributed by atoms with E-state index in [1.165, 1.54) is 11.1 Å². The summed E-state index contributed by atoms with van der Waals surface area (Å²) in [5.74, 6) is 1.20. The highest BCUT2D eigenvalue weighted by Crippen LogP contribution is 2.45. The molecule has 1 spiro atoms. The molecule has 7 nitrogen and oxygen atoms in total. The van der Waals surface area contributed by atoms with E-state index in [0.29, 0.717) is 19.0 Å². The maximum Gasteiger partial charge on any atom is 0.263 e. The van der Waals surface area contributed by atoms with E-state index in [1.54, 1.807) is 27.1 Å². The number of piperidine rings is 1. The van der Waals surface area contributed by atoms with Crippen LogP contribution in [-0.4, -0.2) is 48.1 Å². The lowest BCUT2D eigenvalue weighted by atomic mass is 9.84. The molecule has 0 radical (unpaired) electrons. The molecule has 3 aliphatic heterocycles. The van der Waals surface area contributed by atoms with Crippen molar-refractivity contribution in [2.24, 2.45) is 0 Å². The lowest BCUT2D eigenvalue weighted by molar-refractivity contribution is -0.133. The molecule has 1 amide bonds. The summed E-state index contributed by atoms with van der Waals surface area (Å²) in [7, 11) is 1.61. The number of halogens is 1. The molecular weight excluding hydrogens is 538 g/mol. The average Bonchev–Trinajstić information content (AvgIpc) is 3.23. The molecule has 4 heterocycles. The third-order valence-corrected chi connectivity index (χ3v) is 8.69. The van der Waals surface area contributed by atoms with Crippen molar-refractivity contribution < 1.29 is 19.0 Å². The summed E-state index contributed by atoms with van der Waals surface area (Å²) in [5, 5.41) is 3.45. The molecule has 0 bridgehead atoms. The first-order valence-corrected chi connectivity index (χ1v) is 14.6. The molecule has 0 unspecified atom stereocenters. The van der Waals surface area contributed by atoms with Gasteiger partial charge in [0, 0.05) is 49.0 Å². The second-order valence-electron chi connectivity index (χ2n) is 11.5. The van der Waals surface area contributed by atoms with Crippen LogP contribution in [-0.2, 0) is 28.3 Å². The molecule has 0 atom stereocenters. The van der Waals surface area contributed by atoms with Crippen molar-refractivity contribution in [1.82, 2.24) is 15.2 Å². The molecule has 2 aromatic carbocycles. The SMILES string of the molecule is CNC(=O)C(C)(C)Oc1ccc2c(c1)C(=CCCN1CCC3(CC1)OCc1cc(Cl)ccc13)c1cccnc1CO2. The largest absolute Gasteiger partial charge is 0.487 e. The fourth-order valence-corrected chi connectivity index (χ4v) is 6.42. The van der Waals surface area contributed by atoms with Gasteiger partial charge in [-0.2, -0.15) is 0 Å². The van der Waals surface area contributed by atoms with E-state index in [0.717, 1.165) is 72.1 Å². The van der Waals surface area contributed by atoms with Crippen LogP contribution in [0, 0.1) is 0 Å². The molecule has 3 aromatic rings. The summed E-state index contributed by atoms with van der Waals surface area (Å²) in [5.41, 5.74) is 5.30. The lowest BCUT2D eigenvalue weighted by Crippen LogP contribution is -2.45. The van der Waals surface area contributed by atoms with Crippen LogP contribution >= 0.6 is 11.6 Å². The Morgan fingerprint density at radius 3 is 2.78 bits per heavy atom. The Balaban J connectivity index is 1.21. The third-order valence-electron chi connectivity index (χ3n) is 8.45. The Morgan fingerprint density at radius 2 is 1.98 bits per heavy atom. The summed E-state index contributed by atoms with van der Waals surface area (Å²) in [6, 6.07) is 16.0. The quantitative estimate of drug-likeness (QED) is 0.397. The van der Waals surface area contributed by atoms with Crippen LogP contribution in [0.5, 0.6) is 11.5 Å². The highest BCUT2D eigenvalue weighted by molar-refractivity contribution is 6.30. The number of amides is 1. The van der Waals surface area contributed by atoms with Gasteiger partial charge in [-0.3, -0.25) is 9.78 Å². The van der Waals surface area contributed by atoms with Crippen molar-refractivity contribution in [3.8, 4) is 11.5 Å². The summed E-state index contributed by atoms with van der Waals surface area (Å²) in [6.45, 7) is 7.46. The number of likely N-dealkylation sites (N-methyl/N-ethyl adjacent to an activating group) is 1. The first-order chi connectivity index (χ1) is 19.8. The predicted octanol–water partition coefficient (Wildman–Crippen LogP) is 5.87. The van der Waals surface area contributed by atoms with E-state index >= 15 is 0 Å². The molecule has 0 saturated carbocycles. The Labute approximate surface area is 246 Å². The third kappa shape index (κ3) is 5.46. The first-order valence-electron chi connectivity index (χ1n) is 14.3. The maximum atomic E-state index is 12.4. The van der Waals surface area contributed by atoms with Gasteiger partial charge in [0.2, 0.25) is 0 Å². The van der Waals surface area contributed by atoms with Gasteiger partial charge in [-0.25, -0.2) is 0 Å². The second kappa shape index (κ2) is 11.1. The maximum absolute atomic E-state index is 12.4. The molecule has 214 valence electrons. The highest BCUT2D eigenvalue weighted by Gasteiger charge is 2.42. The van der Waals surface area contributed by atoms with Crippen LogP contribution in [0.25, 0.3) is 5.57 Å². The minimum atomic E-state index is -1.01. The Morgan fingerprint density at radius 1 is 1.15 bits per heavy atom. The van der Waals surface area contributed by atoms with Gasteiger partial charge in [-0.1, -0.05) is 29.8 Å². The van der Waals surface area contributed by atoms with Gasteiger partial charge in [0.15, 0.2) is 5.60 Å². The normalized spacial score (nSPS) is 18.7. The molecule has 0 aliphatic carbocycles. The molecular formula is C33H36ClN3O4. The standard InChI is InChI=1S/C33H36ClN3O4/c1-32(2,31(38)35-3)41-24-9-11-30-27(19-24)25(26-6-4-14-36-29(26)21-39-30)7-5-15-37-16-12-33(13-17-37)28-10-8-23(34)18-22(28)20-40-33/h4,6-11,14,18-19H,5,12-13,15-17,20-21H2,1-3H3,(H,35,38). The van der Waals surface area contributed by atoms with Crippen LogP contribution in [0.2, 0.25) is 5.02 Å². The minimum absolute atomic E-state index is 0.185. The second-order valence-corrected chi connectivity index (χ2v) is 11.9. The van der Waals surface area contributed by atoms with Gasteiger partial charge >= 0.3 is 0 Å². The number of nitrogens with one attached hydrogen (secondary N) is 1. The van der Waals surface area contributed by atoms with Crippen LogP contribution in [0.3, 0.4) is 0 Å². The van der Waals surface area contributed by atoms with E-state index in [4.69, 9.17) is 25.8 Å². The minimum Gasteiger partial charge on any atom is -0.487 e. The number of aromatic nitrogens is 1. The molecule has 6 rings (SSSR count). The van der Waals surface area contributed by atoms with Gasteiger partial charge in [-0.05, 0) is 86.2 Å². The number of likely N-dealkylation sites (tertiary alicyclic amines) is 1. The monoisotopic (exact) mass is 573 g/mol. The fourth-order valence-electron chi connectivity index (χ4n) is 6.22. The molecule has 1 fully saturated rings. The van der Waals surface area contributed by atoms with Crippen LogP contribution in [0.15, 0.2) is 60.8 Å². The Hall–Kier alpha value is -3.39. The summed E-state index contributed by atoms with van der Waals surface area (Å²) in [6.07, 6.45) is 6.91. The highest BCUT2D eigenvalue weighted by atomic mass is 35.5. The summed E-state index contributed by atoms with van der Waals surface area (Å²) < 4.78 is 18.7. The summed E-state index contributed by atoms with van der Waals surface area (Å²) in [4.78, 5) is 19.5. The molecule has 8 heteroatoms. The van der Waals surface area contributed by atoms with E-state index in [1.807, 2.05) is 36.4 Å². The zero-order valence-corrected chi connectivity index (χ0v) is 24.6. The molecule has 1 saturated heterocycles. The number of carbonyl (C=O) groups excluding carboxylic acids is 1. The number of carbonyl (C=O) groups is 1. The van der Waals surface area contributed by atoms with Gasteiger partial charge in [0.05, 0.1) is 17.9 Å². The molecule has 1 N–H and O–H groups in total. The zero-order chi connectivity index (χ0) is 28.6. The molecule has 3 aliphatic rings. The van der Waals surface area contributed by atoms with Crippen LogP contribution < -0.4 is 14.8 Å². The number of hydrogen-bond donors (Lipinski definition) is 1. The van der Waals surface area contributed by atoms with E-state index in [9.17, 15) is 4.79 Å². The van der Waals surface area contributed by atoms with E-state index in [-0.39, 0.29) is 11.5 Å². The van der Waals surface area contributed by atoms with Crippen molar-refractivity contribution in [3.63, 3.8) is 0 Å². The molecule has 41 heavy (non-hydrogen) atoms. The lowest BCUT2D eigenvalue weighted by Gasteiger charge is -2.39. The van der Waals surface area contributed by atoms with Crippen molar-refractivity contribution in [1.29, 1.82) is 0 Å². The Kier molecular flexibility index (Phi) is 7.53. The van der Waals surface area contributed by atoms with Crippen molar-refractivity contribution in [2.75, 3.05) is 26.7 Å². The Bertz CT molecular complexity index is 1490. The van der Waals surface area contributed by atoms with Gasteiger partial charge < -0.3 is 24.4 Å². The van der Waals surface area contributed by atoms with Gasteiger partial charge in [0.1, 0.15) is 18.1 Å². The number of ether oxygens (including phenoxy) is 3. The number of pyridine rings is 1. The first kappa shape index (κ1) is 27.8. The number of hydrogen-bond acceptors (Lipinski definition) is 6. The van der Waals surface area contributed by atoms with E-state index in [2.05, 4.69) is 33.4 Å². The fraction of sp³-hybridized carbons (Fsp3) is 0.394. The number of fused-ring (bicyclic) bond motifs is 4. The van der Waals surface area contributed by atoms with Gasteiger partial charge in [-0.15, -0.1) is 0 Å². The number of benzene rings is 2. The zero-order valence-electron chi connectivity index (χ0n) is 23.8. The van der Waals surface area contributed by atoms with Crippen molar-refractivity contribution in [2.45, 2.75) is 57.5 Å². The van der Waals surface area contributed by atoms with Crippen molar-refractivity contribution in [3.05, 3.63) is 93.8 Å². The topological polar surface area (TPSA) is 72.9 Å². The van der Waals surface area contributed by atoms with E-state index < -0.39 is 5.60 Å². The van der Waals surface area contributed by atoms with Crippen LogP contribution in [0.4, 0.5) is 0 Å². The van der Waals surface area contributed by atoms with Crippen LogP contribution in [0.1, 0.15) is 61.1 Å². The predicted molar refractivity (Wildman–Crippen MR) is 159 cm³/mol. The number of nitrogens with zero attached hydrogens (tertiary/aromatic N) is 2. The van der Waals surface area contributed by atoms with Gasteiger partial charge in [0.25, 0.3) is 5.91 Å².